The van der Waals surface area contributed by atoms with Crippen molar-refractivity contribution in [2.24, 2.45) is 17.3 Å². The summed E-state index contributed by atoms with van der Waals surface area (Å²) in [5, 5.41) is 0. The summed E-state index contributed by atoms with van der Waals surface area (Å²) in [5.41, 5.74) is -1.08. The average Bonchev–Trinajstić information content (AvgIpc) is 3.62. The van der Waals surface area contributed by atoms with E-state index in [4.69, 9.17) is 23.0 Å². The van der Waals surface area contributed by atoms with Crippen LogP contribution in [0.2, 0.25) is 0 Å². The van der Waals surface area contributed by atoms with Crippen molar-refractivity contribution in [3.8, 4) is 0 Å². The zero-order chi connectivity index (χ0) is 23.7. The van der Waals surface area contributed by atoms with Crippen LogP contribution in [-0.2, 0) is 36.6 Å². The number of carbonyl (C=O) groups is 2. The van der Waals surface area contributed by atoms with Gasteiger partial charge in [-0.15, -0.1) is 0 Å². The summed E-state index contributed by atoms with van der Waals surface area (Å²) in [6.07, 6.45) is 5.66. The van der Waals surface area contributed by atoms with Gasteiger partial charge in [-0.3, -0.25) is 4.79 Å². The number of allylic oxidation sites excluding steroid dienone is 1. The van der Waals surface area contributed by atoms with Crippen LogP contribution in [0.5, 0.6) is 0 Å². The van der Waals surface area contributed by atoms with E-state index in [0.29, 0.717) is 30.4 Å². The first kappa shape index (κ1) is 21.6. The molecule has 2 saturated carbocycles. The molecule has 4 aliphatic rings. The summed E-state index contributed by atoms with van der Waals surface area (Å²) in [7, 11) is 0. The van der Waals surface area contributed by atoms with Gasteiger partial charge in [-0.2, -0.15) is 0 Å². The van der Waals surface area contributed by atoms with Crippen LogP contribution in [0.25, 0.3) is 0 Å². The maximum Gasteiger partial charge on any atom is 0.334 e. The van der Waals surface area contributed by atoms with Gasteiger partial charge in [-0.1, -0.05) is 19.6 Å². The van der Waals surface area contributed by atoms with Crippen molar-refractivity contribution in [2.45, 2.75) is 63.6 Å². The number of carbonyl (C=O) groups excluding carboxylic acids is 2. The molecule has 2 aromatic heterocycles. The highest BCUT2D eigenvalue weighted by Crippen LogP contribution is 2.65. The molecular weight excluding hydrogens is 436 g/mol. The van der Waals surface area contributed by atoms with E-state index < -0.39 is 35.5 Å². The van der Waals surface area contributed by atoms with Gasteiger partial charge in [0.2, 0.25) is 0 Å². The van der Waals surface area contributed by atoms with Gasteiger partial charge in [-0.25, -0.2) is 4.79 Å². The van der Waals surface area contributed by atoms with Crippen LogP contribution in [0.3, 0.4) is 0 Å². The Balaban J connectivity index is 1.47. The van der Waals surface area contributed by atoms with Crippen molar-refractivity contribution in [1.29, 1.82) is 0 Å². The Labute approximate surface area is 197 Å². The maximum absolute atomic E-state index is 14.2. The number of rotatable bonds is 4. The third-order valence-corrected chi connectivity index (χ3v) is 8.40. The van der Waals surface area contributed by atoms with Gasteiger partial charge in [0.1, 0.15) is 34.7 Å². The van der Waals surface area contributed by atoms with E-state index >= 15 is 0 Å². The van der Waals surface area contributed by atoms with Gasteiger partial charge in [-0.05, 0) is 49.9 Å². The summed E-state index contributed by atoms with van der Waals surface area (Å²) in [4.78, 5) is 26.8. The summed E-state index contributed by atoms with van der Waals surface area (Å²) < 4.78 is 30.2. The quantitative estimate of drug-likeness (QED) is 0.495. The minimum atomic E-state index is -1.11. The van der Waals surface area contributed by atoms with Crippen LogP contribution in [0.4, 0.5) is 0 Å². The molecule has 2 saturated heterocycles. The zero-order valence-corrected chi connectivity index (χ0v) is 19.3. The minimum Gasteiger partial charge on any atom is -0.469 e. The lowest BCUT2D eigenvalue weighted by Crippen LogP contribution is -2.59. The first-order valence-electron chi connectivity index (χ1n) is 11.9. The summed E-state index contributed by atoms with van der Waals surface area (Å²) in [5.74, 6) is 0.747. The first-order chi connectivity index (χ1) is 16.4. The van der Waals surface area contributed by atoms with Crippen molar-refractivity contribution < 1.29 is 32.6 Å². The van der Waals surface area contributed by atoms with E-state index in [1.807, 2.05) is 37.3 Å². The molecule has 0 N–H and O–H groups in total. The number of hydrogen-bond donors (Lipinski definition) is 0. The first-order valence-corrected chi connectivity index (χ1v) is 11.9. The highest BCUT2D eigenvalue weighted by atomic mass is 16.7. The number of hydrogen-bond acceptors (Lipinski definition) is 7. The molecule has 2 aliphatic carbocycles. The van der Waals surface area contributed by atoms with E-state index in [1.165, 1.54) is 0 Å². The molecule has 4 heterocycles. The fraction of sp³-hybridized carbons (Fsp3) is 0.481. The van der Waals surface area contributed by atoms with Crippen molar-refractivity contribution in [2.75, 3.05) is 0 Å². The molecule has 2 aliphatic heterocycles. The minimum absolute atomic E-state index is 0.0142. The van der Waals surface area contributed by atoms with Crippen molar-refractivity contribution in [1.82, 2.24) is 0 Å². The van der Waals surface area contributed by atoms with Gasteiger partial charge in [0.05, 0.1) is 18.9 Å². The molecule has 7 atom stereocenters. The summed E-state index contributed by atoms with van der Waals surface area (Å²) >= 11 is 0. The fourth-order valence-corrected chi connectivity index (χ4v) is 6.71. The van der Waals surface area contributed by atoms with Crippen LogP contribution >= 0.6 is 0 Å². The lowest BCUT2D eigenvalue weighted by atomic mass is 9.64. The molecule has 0 bridgehead atoms. The largest absolute Gasteiger partial charge is 0.469 e. The molecule has 6 rings (SSSR count). The normalized spacial score (nSPS) is 40.2. The molecule has 4 fully saturated rings. The van der Waals surface area contributed by atoms with Crippen LogP contribution in [0.15, 0.2) is 69.4 Å². The molecule has 7 nitrogen and oxygen atoms in total. The van der Waals surface area contributed by atoms with Gasteiger partial charge < -0.3 is 23.0 Å². The average molecular weight is 465 g/mol. The predicted octanol–water partition coefficient (Wildman–Crippen LogP) is 4.18. The summed E-state index contributed by atoms with van der Waals surface area (Å²) in [6.45, 7) is 7.99. The van der Waals surface area contributed by atoms with E-state index in [9.17, 15) is 9.59 Å². The smallest absolute Gasteiger partial charge is 0.334 e. The maximum atomic E-state index is 14.2. The molecule has 1 spiro atoms. The Hall–Kier alpha value is -2.90. The standard InChI is InChI=1S/C27H28O7/c1-15-8-10-19-16(2)25(29)33-23(19)26(3)22(28)20(11-9-17-6-4-12-30-17)24-27(15,26)34-21(32-24)14-18-7-5-13-31-18/h4-7,11-13,15,19,21,23-24H,2,8-10,14H2,1,3H3/b20-11+/t15-,19-,21?,23+,24-,26-,27-/m0/s1. The number of fused-ring (bicyclic) bond motifs is 2. The zero-order valence-electron chi connectivity index (χ0n) is 19.3. The van der Waals surface area contributed by atoms with Crippen LogP contribution < -0.4 is 0 Å². The van der Waals surface area contributed by atoms with Gasteiger partial charge in [0.25, 0.3) is 0 Å². The molecule has 7 heteroatoms. The van der Waals surface area contributed by atoms with Gasteiger partial charge in [0.15, 0.2) is 12.1 Å². The third-order valence-electron chi connectivity index (χ3n) is 8.40. The van der Waals surface area contributed by atoms with Gasteiger partial charge in [0, 0.05) is 23.5 Å². The number of Topliss-reactive ketones (excluding diaryl/α,β-unsaturated/α-hetero) is 1. The Morgan fingerprint density at radius 1 is 1.12 bits per heavy atom. The van der Waals surface area contributed by atoms with Gasteiger partial charge >= 0.3 is 5.97 Å². The summed E-state index contributed by atoms with van der Waals surface area (Å²) in [6, 6.07) is 7.40. The number of ether oxygens (including phenoxy) is 3. The third kappa shape index (κ3) is 2.77. The molecule has 178 valence electrons. The number of esters is 1. The van der Waals surface area contributed by atoms with E-state index in [2.05, 4.69) is 13.5 Å². The molecular formula is C27H28O7. The monoisotopic (exact) mass is 464 g/mol. The molecule has 0 amide bonds. The fourth-order valence-electron chi connectivity index (χ4n) is 6.71. The Morgan fingerprint density at radius 3 is 2.56 bits per heavy atom. The molecule has 0 aromatic carbocycles. The predicted molar refractivity (Wildman–Crippen MR) is 119 cm³/mol. The topological polar surface area (TPSA) is 88.1 Å². The van der Waals surface area contributed by atoms with Crippen LogP contribution in [-0.4, -0.2) is 35.9 Å². The lowest BCUT2D eigenvalue weighted by molar-refractivity contribution is -0.189. The van der Waals surface area contributed by atoms with Crippen molar-refractivity contribution in [3.05, 3.63) is 72.1 Å². The number of ketones is 1. The molecule has 2 aromatic rings. The highest BCUT2D eigenvalue weighted by Gasteiger charge is 2.78. The second-order valence-corrected chi connectivity index (χ2v) is 10.1. The van der Waals surface area contributed by atoms with E-state index in [-0.39, 0.29) is 17.6 Å². The Kier molecular flexibility index (Phi) is 4.80. The second-order valence-electron chi connectivity index (χ2n) is 10.1. The van der Waals surface area contributed by atoms with Crippen LogP contribution in [0.1, 0.15) is 38.2 Å². The SMILES string of the molecule is C=C1C(=O)O[C@@H]2[C@H]1CC[C@H](C)[C@]13OC(Cc4ccco4)O[C@H]1/C(=C/Cc1ccco1)C(=O)[C@@]23C. The lowest BCUT2D eigenvalue weighted by Gasteiger charge is -2.45. The highest BCUT2D eigenvalue weighted by molar-refractivity contribution is 6.07. The van der Waals surface area contributed by atoms with Crippen molar-refractivity contribution in [3.63, 3.8) is 0 Å². The van der Waals surface area contributed by atoms with E-state index in [0.717, 1.165) is 17.9 Å². The van der Waals surface area contributed by atoms with E-state index in [1.54, 1.807) is 12.5 Å². The Morgan fingerprint density at radius 2 is 1.85 bits per heavy atom. The molecule has 0 radical (unpaired) electrons. The van der Waals surface area contributed by atoms with Crippen LogP contribution in [0, 0.1) is 17.3 Å². The molecule has 1 unspecified atom stereocenters. The molecule has 34 heavy (non-hydrogen) atoms. The Bertz CT molecular complexity index is 1160. The second kappa shape index (κ2) is 7.55. The number of furan rings is 2. The van der Waals surface area contributed by atoms with Crippen molar-refractivity contribution >= 4 is 11.8 Å².